The van der Waals surface area contributed by atoms with Gasteiger partial charge in [-0.2, -0.15) is 0 Å². The van der Waals surface area contributed by atoms with E-state index in [4.69, 9.17) is 0 Å². The number of halogens is 3. The highest BCUT2D eigenvalue weighted by Crippen LogP contribution is 2.31. The lowest BCUT2D eigenvalue weighted by molar-refractivity contribution is -0.323. The average molecular weight is 255 g/mol. The maximum absolute atomic E-state index is 11.7. The molecular formula is C11H20F3NO2. The van der Waals surface area contributed by atoms with Crippen LogP contribution in [0.4, 0.5) is 13.2 Å². The molecule has 3 nitrogen and oxygen atoms in total. The van der Waals surface area contributed by atoms with Crippen LogP contribution in [0, 0.1) is 5.92 Å². The molecule has 2 N–H and O–H groups in total. The van der Waals surface area contributed by atoms with Crippen LogP contribution in [-0.2, 0) is 4.74 Å². The Morgan fingerprint density at radius 2 is 1.94 bits per heavy atom. The molecule has 0 radical (unpaired) electrons. The van der Waals surface area contributed by atoms with Crippen LogP contribution in [-0.4, -0.2) is 36.8 Å². The van der Waals surface area contributed by atoms with E-state index in [1.165, 1.54) is 0 Å². The molecule has 0 spiro atoms. The molecule has 0 saturated heterocycles. The standard InChI is InChI=1S/C11H20F3NO2/c1-9-2-4-10(16,5-3-9)8-15-6-7-17-11(12,13)14/h9,15-16H,2-8H2,1H3. The summed E-state index contributed by atoms with van der Waals surface area (Å²) in [5.41, 5.74) is -0.759. The number of aliphatic hydroxyl groups is 1. The van der Waals surface area contributed by atoms with E-state index in [1.807, 2.05) is 0 Å². The van der Waals surface area contributed by atoms with Crippen LogP contribution in [0.25, 0.3) is 0 Å². The first kappa shape index (κ1) is 14.7. The Morgan fingerprint density at radius 3 is 2.47 bits per heavy atom. The molecule has 1 aliphatic rings. The van der Waals surface area contributed by atoms with E-state index >= 15 is 0 Å². The summed E-state index contributed by atoms with van der Waals surface area (Å²) >= 11 is 0. The van der Waals surface area contributed by atoms with Crippen LogP contribution >= 0.6 is 0 Å². The molecule has 0 aromatic heterocycles. The van der Waals surface area contributed by atoms with E-state index in [1.54, 1.807) is 0 Å². The fourth-order valence-corrected chi connectivity index (χ4v) is 2.04. The summed E-state index contributed by atoms with van der Waals surface area (Å²) in [4.78, 5) is 0. The van der Waals surface area contributed by atoms with Gasteiger partial charge in [-0.3, -0.25) is 4.74 Å². The van der Waals surface area contributed by atoms with Crippen molar-refractivity contribution in [1.29, 1.82) is 0 Å². The largest absolute Gasteiger partial charge is 0.522 e. The number of rotatable bonds is 5. The molecule has 0 aromatic carbocycles. The fraction of sp³-hybridized carbons (Fsp3) is 1.00. The lowest BCUT2D eigenvalue weighted by Gasteiger charge is -2.35. The molecule has 1 fully saturated rings. The number of ether oxygens (including phenoxy) is 1. The van der Waals surface area contributed by atoms with Crippen LogP contribution in [0.1, 0.15) is 32.6 Å². The van der Waals surface area contributed by atoms with Crippen molar-refractivity contribution >= 4 is 0 Å². The van der Waals surface area contributed by atoms with Crippen LogP contribution < -0.4 is 5.32 Å². The van der Waals surface area contributed by atoms with Gasteiger partial charge in [0.15, 0.2) is 0 Å². The third kappa shape index (κ3) is 6.24. The van der Waals surface area contributed by atoms with Gasteiger partial charge in [-0.05, 0) is 31.6 Å². The summed E-state index contributed by atoms with van der Waals surface area (Å²) in [6.45, 7) is 2.15. The molecule has 1 aliphatic carbocycles. The van der Waals surface area contributed by atoms with E-state index in [-0.39, 0.29) is 6.54 Å². The molecule has 0 unspecified atom stereocenters. The maximum atomic E-state index is 11.7. The SMILES string of the molecule is CC1CCC(O)(CNCCOC(F)(F)F)CC1. The normalized spacial score (nSPS) is 30.5. The van der Waals surface area contributed by atoms with E-state index in [2.05, 4.69) is 17.0 Å². The molecule has 1 saturated carbocycles. The van der Waals surface area contributed by atoms with Crippen LogP contribution in [0.3, 0.4) is 0 Å². The molecule has 0 bridgehead atoms. The highest BCUT2D eigenvalue weighted by Gasteiger charge is 2.31. The summed E-state index contributed by atoms with van der Waals surface area (Å²) < 4.78 is 38.6. The van der Waals surface area contributed by atoms with Gasteiger partial charge in [0, 0.05) is 13.1 Å². The Labute approximate surface area is 99.3 Å². The van der Waals surface area contributed by atoms with Crippen molar-refractivity contribution in [3.63, 3.8) is 0 Å². The molecule has 0 aliphatic heterocycles. The molecule has 0 aromatic rings. The zero-order valence-electron chi connectivity index (χ0n) is 10.0. The second-order valence-electron chi connectivity index (χ2n) is 4.88. The summed E-state index contributed by atoms with van der Waals surface area (Å²) in [6, 6.07) is 0. The summed E-state index contributed by atoms with van der Waals surface area (Å²) in [7, 11) is 0. The van der Waals surface area contributed by atoms with Crippen LogP contribution in [0.15, 0.2) is 0 Å². The molecule has 0 amide bonds. The Morgan fingerprint density at radius 1 is 1.35 bits per heavy atom. The lowest BCUT2D eigenvalue weighted by atomic mass is 9.79. The lowest BCUT2D eigenvalue weighted by Crippen LogP contribution is -2.44. The molecule has 17 heavy (non-hydrogen) atoms. The molecule has 0 heterocycles. The van der Waals surface area contributed by atoms with Gasteiger partial charge in [-0.1, -0.05) is 6.92 Å². The Bertz CT molecular complexity index is 225. The summed E-state index contributed by atoms with van der Waals surface area (Å²) in [6.07, 6.45) is -1.21. The van der Waals surface area contributed by atoms with Gasteiger partial charge in [0.25, 0.3) is 0 Å². The Hall–Kier alpha value is -0.330. The minimum atomic E-state index is -4.57. The topological polar surface area (TPSA) is 41.5 Å². The molecule has 6 heteroatoms. The van der Waals surface area contributed by atoms with Crippen molar-refractivity contribution in [2.45, 2.75) is 44.6 Å². The van der Waals surface area contributed by atoms with Gasteiger partial charge in [0.05, 0.1) is 12.2 Å². The summed E-state index contributed by atoms with van der Waals surface area (Å²) in [5.74, 6) is 0.629. The number of hydrogen-bond donors (Lipinski definition) is 2. The third-order valence-electron chi connectivity index (χ3n) is 3.20. The maximum Gasteiger partial charge on any atom is 0.522 e. The number of alkyl halides is 3. The van der Waals surface area contributed by atoms with E-state index in [0.717, 1.165) is 12.8 Å². The first-order valence-electron chi connectivity index (χ1n) is 5.94. The quantitative estimate of drug-likeness (QED) is 0.739. The van der Waals surface area contributed by atoms with Gasteiger partial charge in [0.2, 0.25) is 0 Å². The smallest absolute Gasteiger partial charge is 0.389 e. The average Bonchev–Trinajstić information content (AvgIpc) is 2.21. The second kappa shape index (κ2) is 6.02. The van der Waals surface area contributed by atoms with E-state index in [0.29, 0.717) is 25.3 Å². The first-order chi connectivity index (χ1) is 7.81. The summed E-state index contributed by atoms with van der Waals surface area (Å²) in [5, 5.41) is 12.9. The van der Waals surface area contributed by atoms with Gasteiger partial charge >= 0.3 is 6.36 Å². The minimum Gasteiger partial charge on any atom is -0.389 e. The van der Waals surface area contributed by atoms with Gasteiger partial charge in [0.1, 0.15) is 0 Å². The number of hydrogen-bond acceptors (Lipinski definition) is 3. The predicted octanol–water partition coefficient (Wildman–Crippen LogP) is 2.05. The molecular weight excluding hydrogens is 235 g/mol. The van der Waals surface area contributed by atoms with Crippen molar-refractivity contribution in [1.82, 2.24) is 5.32 Å². The second-order valence-corrected chi connectivity index (χ2v) is 4.88. The van der Waals surface area contributed by atoms with Crippen LogP contribution in [0.2, 0.25) is 0 Å². The first-order valence-corrected chi connectivity index (χ1v) is 5.94. The monoisotopic (exact) mass is 255 g/mol. The van der Waals surface area contributed by atoms with Gasteiger partial charge in [-0.15, -0.1) is 13.2 Å². The molecule has 0 atom stereocenters. The molecule has 102 valence electrons. The van der Waals surface area contributed by atoms with E-state index in [9.17, 15) is 18.3 Å². The fourth-order valence-electron chi connectivity index (χ4n) is 2.04. The van der Waals surface area contributed by atoms with Crippen LogP contribution in [0.5, 0.6) is 0 Å². The Balaban J connectivity index is 2.10. The highest BCUT2D eigenvalue weighted by molar-refractivity contribution is 4.86. The zero-order chi connectivity index (χ0) is 12.9. The van der Waals surface area contributed by atoms with Crippen molar-refractivity contribution < 1.29 is 23.0 Å². The van der Waals surface area contributed by atoms with Crippen molar-refractivity contribution in [2.75, 3.05) is 19.7 Å². The van der Waals surface area contributed by atoms with Gasteiger partial charge < -0.3 is 10.4 Å². The third-order valence-corrected chi connectivity index (χ3v) is 3.20. The molecule has 1 rings (SSSR count). The Kier molecular flexibility index (Phi) is 5.22. The predicted molar refractivity (Wildman–Crippen MR) is 57.5 cm³/mol. The van der Waals surface area contributed by atoms with Crippen molar-refractivity contribution in [2.24, 2.45) is 5.92 Å². The van der Waals surface area contributed by atoms with Crippen molar-refractivity contribution in [3.05, 3.63) is 0 Å². The zero-order valence-corrected chi connectivity index (χ0v) is 10.0. The van der Waals surface area contributed by atoms with Crippen molar-refractivity contribution in [3.8, 4) is 0 Å². The van der Waals surface area contributed by atoms with Gasteiger partial charge in [-0.25, -0.2) is 0 Å². The van der Waals surface area contributed by atoms with E-state index < -0.39 is 18.6 Å². The highest BCUT2D eigenvalue weighted by atomic mass is 19.4. The minimum absolute atomic E-state index is 0.0946. The number of nitrogens with one attached hydrogen (secondary N) is 1.